The molecule has 7 nitrogen and oxygen atoms in total. The zero-order chi connectivity index (χ0) is 24.7. The van der Waals surface area contributed by atoms with Crippen molar-refractivity contribution in [3.63, 3.8) is 0 Å². The zero-order valence-electron chi connectivity index (χ0n) is 19.5. The molecule has 0 aromatic heterocycles. The first-order valence-corrected chi connectivity index (χ1v) is 12.0. The van der Waals surface area contributed by atoms with Crippen LogP contribution in [0.3, 0.4) is 0 Å². The van der Waals surface area contributed by atoms with Gasteiger partial charge in [-0.25, -0.2) is 0 Å². The fourth-order valence-electron chi connectivity index (χ4n) is 6.25. The highest BCUT2D eigenvalue weighted by atomic mass is 16.7. The quantitative estimate of drug-likeness (QED) is 0.575. The zero-order valence-corrected chi connectivity index (χ0v) is 19.5. The number of hydrogen-bond donors (Lipinski definition) is 1. The summed E-state index contributed by atoms with van der Waals surface area (Å²) < 4.78 is 18.6. The standard InChI is InChI=1S/C28H26N4O3/c1-2-7-19-12-13-28-23(14-19)27(18-31,25(32)35-28)26(16-29,17-30)24(34-28)20-8-6-11-22(15-20)33-21-9-4-3-5-10-21/h3-6,8-11,15,19,23-24,32H,2,7,12-14H2,1H3. The molecule has 5 rings (SSSR count). The number of ether oxygens (including phenoxy) is 3. The van der Waals surface area contributed by atoms with Crippen molar-refractivity contribution in [2.75, 3.05) is 0 Å². The molecule has 0 amide bonds. The van der Waals surface area contributed by atoms with E-state index < -0.39 is 28.6 Å². The van der Waals surface area contributed by atoms with Gasteiger partial charge in [0.15, 0.2) is 5.41 Å². The second-order valence-corrected chi connectivity index (χ2v) is 9.66. The minimum Gasteiger partial charge on any atom is -0.457 e. The highest BCUT2D eigenvalue weighted by Crippen LogP contribution is 2.70. The summed E-state index contributed by atoms with van der Waals surface area (Å²) in [6, 6.07) is 22.9. The first kappa shape index (κ1) is 22.9. The van der Waals surface area contributed by atoms with Crippen LogP contribution in [0, 0.1) is 62.1 Å². The molecule has 1 aliphatic carbocycles. The molecule has 7 heteroatoms. The van der Waals surface area contributed by atoms with Crippen LogP contribution in [-0.4, -0.2) is 11.7 Å². The Morgan fingerprint density at radius 3 is 2.46 bits per heavy atom. The molecule has 2 bridgehead atoms. The maximum Gasteiger partial charge on any atom is 0.217 e. The lowest BCUT2D eigenvalue weighted by molar-refractivity contribution is -0.299. The SMILES string of the molecule is CCCC1CCC23OC(=N)C(C#N)(C2C1)C(C#N)(C#N)C(c1cccc(Oc2ccccc2)c1)O3. The van der Waals surface area contributed by atoms with Crippen LogP contribution in [-0.2, 0) is 9.47 Å². The van der Waals surface area contributed by atoms with Gasteiger partial charge >= 0.3 is 0 Å². The molecule has 0 spiro atoms. The largest absolute Gasteiger partial charge is 0.457 e. The molecule has 2 aromatic rings. The third-order valence-corrected chi connectivity index (χ3v) is 7.86. The maximum atomic E-state index is 10.5. The van der Waals surface area contributed by atoms with Gasteiger partial charge in [0.25, 0.3) is 0 Å². The molecular formula is C28H26N4O3. The molecular weight excluding hydrogens is 440 g/mol. The summed E-state index contributed by atoms with van der Waals surface area (Å²) in [6.07, 6.45) is 2.83. The van der Waals surface area contributed by atoms with Crippen LogP contribution in [0.15, 0.2) is 54.6 Å². The van der Waals surface area contributed by atoms with E-state index in [-0.39, 0.29) is 5.90 Å². The van der Waals surface area contributed by atoms with Crippen molar-refractivity contribution in [2.45, 2.75) is 50.9 Å². The van der Waals surface area contributed by atoms with E-state index in [1.807, 2.05) is 30.3 Å². The fraction of sp³-hybridized carbons (Fsp3) is 0.429. The van der Waals surface area contributed by atoms with E-state index in [1.165, 1.54) is 0 Å². The summed E-state index contributed by atoms with van der Waals surface area (Å²) in [4.78, 5) is 0. The molecule has 176 valence electrons. The number of para-hydroxylation sites is 1. The lowest BCUT2D eigenvalue weighted by Gasteiger charge is -2.52. The maximum absolute atomic E-state index is 10.5. The van der Waals surface area contributed by atoms with E-state index in [0.717, 1.165) is 19.3 Å². The van der Waals surface area contributed by atoms with Crippen LogP contribution < -0.4 is 4.74 Å². The summed E-state index contributed by atoms with van der Waals surface area (Å²) in [5, 5.41) is 40.2. The topological polar surface area (TPSA) is 123 Å². The Hall–Kier alpha value is -3.86. The Bertz CT molecular complexity index is 1260. The summed E-state index contributed by atoms with van der Waals surface area (Å²) in [5.74, 6) is -0.593. The second-order valence-electron chi connectivity index (χ2n) is 9.66. The van der Waals surface area contributed by atoms with E-state index >= 15 is 0 Å². The molecule has 2 aromatic carbocycles. The van der Waals surface area contributed by atoms with Crippen molar-refractivity contribution in [3.05, 3.63) is 60.2 Å². The van der Waals surface area contributed by atoms with Crippen molar-refractivity contribution >= 4 is 5.90 Å². The van der Waals surface area contributed by atoms with Crippen LogP contribution in [0.4, 0.5) is 0 Å². The van der Waals surface area contributed by atoms with Crippen molar-refractivity contribution in [1.82, 2.24) is 0 Å². The third-order valence-electron chi connectivity index (χ3n) is 7.86. The Balaban J connectivity index is 1.61. The minimum absolute atomic E-state index is 0.329. The monoisotopic (exact) mass is 466 g/mol. The summed E-state index contributed by atoms with van der Waals surface area (Å²) in [5.41, 5.74) is -3.14. The molecule has 35 heavy (non-hydrogen) atoms. The van der Waals surface area contributed by atoms with Crippen LogP contribution in [0.25, 0.3) is 0 Å². The second kappa shape index (κ2) is 8.42. The summed E-state index contributed by atoms with van der Waals surface area (Å²) in [6.45, 7) is 2.12. The predicted octanol–water partition coefficient (Wildman–Crippen LogP) is 6.01. The van der Waals surface area contributed by atoms with E-state index in [1.54, 1.807) is 24.3 Å². The van der Waals surface area contributed by atoms with Gasteiger partial charge in [0, 0.05) is 6.42 Å². The normalized spacial score (nSPS) is 32.3. The Kier molecular flexibility index (Phi) is 5.51. The Morgan fingerprint density at radius 2 is 1.77 bits per heavy atom. The van der Waals surface area contributed by atoms with Gasteiger partial charge in [0.1, 0.15) is 17.6 Å². The molecule has 0 radical (unpaired) electrons. The molecule has 2 aliphatic heterocycles. The number of nitrogens with zero attached hydrogens (tertiary/aromatic N) is 3. The number of hydrogen-bond acceptors (Lipinski definition) is 7. The molecule has 2 heterocycles. The van der Waals surface area contributed by atoms with Crippen molar-refractivity contribution in [3.8, 4) is 29.7 Å². The van der Waals surface area contributed by atoms with Gasteiger partial charge in [0.05, 0.1) is 24.1 Å². The highest BCUT2D eigenvalue weighted by molar-refractivity contribution is 5.89. The van der Waals surface area contributed by atoms with E-state index in [0.29, 0.717) is 35.8 Å². The van der Waals surface area contributed by atoms with Crippen molar-refractivity contribution in [2.24, 2.45) is 22.7 Å². The highest BCUT2D eigenvalue weighted by Gasteiger charge is 2.80. The third kappa shape index (κ3) is 3.14. The van der Waals surface area contributed by atoms with Crippen LogP contribution in [0.2, 0.25) is 0 Å². The van der Waals surface area contributed by atoms with E-state index in [2.05, 4.69) is 25.1 Å². The molecule has 3 aliphatic rings. The number of nitrogens with one attached hydrogen (secondary N) is 1. The summed E-state index contributed by atoms with van der Waals surface area (Å²) in [7, 11) is 0. The lowest BCUT2D eigenvalue weighted by atomic mass is 9.50. The van der Waals surface area contributed by atoms with Gasteiger partial charge in [-0.15, -0.1) is 0 Å². The summed E-state index contributed by atoms with van der Waals surface area (Å²) >= 11 is 0. The van der Waals surface area contributed by atoms with Gasteiger partial charge in [-0.05, 0) is 48.6 Å². The van der Waals surface area contributed by atoms with Crippen molar-refractivity contribution < 1.29 is 14.2 Å². The number of nitriles is 3. The average Bonchev–Trinajstić information content (AvgIpc) is 3.08. The minimum atomic E-state index is -1.96. The molecule has 5 atom stereocenters. The predicted molar refractivity (Wildman–Crippen MR) is 126 cm³/mol. The number of rotatable bonds is 5. The van der Waals surface area contributed by atoms with Gasteiger partial charge in [0.2, 0.25) is 17.1 Å². The lowest BCUT2D eigenvalue weighted by Crippen LogP contribution is -2.61. The van der Waals surface area contributed by atoms with Gasteiger partial charge in [-0.1, -0.05) is 50.1 Å². The first-order valence-electron chi connectivity index (χ1n) is 12.0. The smallest absolute Gasteiger partial charge is 0.217 e. The molecule has 2 saturated heterocycles. The average molecular weight is 467 g/mol. The molecule has 3 fully saturated rings. The van der Waals surface area contributed by atoms with Gasteiger partial charge in [-0.2, -0.15) is 15.8 Å². The van der Waals surface area contributed by atoms with Gasteiger partial charge < -0.3 is 14.2 Å². The Morgan fingerprint density at radius 1 is 1.03 bits per heavy atom. The van der Waals surface area contributed by atoms with E-state index in [4.69, 9.17) is 19.6 Å². The first-order chi connectivity index (χ1) is 17.0. The number of benzene rings is 2. The van der Waals surface area contributed by atoms with Crippen molar-refractivity contribution in [1.29, 1.82) is 21.2 Å². The van der Waals surface area contributed by atoms with Gasteiger partial charge in [-0.3, -0.25) is 5.41 Å². The molecule has 1 saturated carbocycles. The fourth-order valence-corrected chi connectivity index (χ4v) is 6.25. The van der Waals surface area contributed by atoms with Crippen LogP contribution in [0.5, 0.6) is 11.5 Å². The van der Waals surface area contributed by atoms with Crippen LogP contribution in [0.1, 0.15) is 50.7 Å². The molecule has 1 N–H and O–H groups in total. The Labute approximate surface area is 205 Å². The van der Waals surface area contributed by atoms with Crippen LogP contribution >= 0.6 is 0 Å². The van der Waals surface area contributed by atoms with E-state index in [9.17, 15) is 15.8 Å². The molecule has 5 unspecified atom stereocenters.